The molecule has 0 fully saturated rings. The summed E-state index contributed by atoms with van der Waals surface area (Å²) >= 11 is 12.0. The van der Waals surface area contributed by atoms with Crippen LogP contribution < -0.4 is 4.74 Å². The molecule has 0 saturated heterocycles. The van der Waals surface area contributed by atoms with Gasteiger partial charge in [-0.2, -0.15) is 0 Å². The number of ether oxygens (including phenoxy) is 1. The number of aromatic amines is 1. The van der Waals surface area contributed by atoms with Gasteiger partial charge in [0.2, 0.25) is 0 Å². The Hall–Kier alpha value is -1.71. The van der Waals surface area contributed by atoms with E-state index in [4.69, 9.17) is 27.9 Å². The number of H-pyrrole nitrogens is 1. The van der Waals surface area contributed by atoms with Gasteiger partial charge in [0, 0.05) is 0 Å². The first-order valence-electron chi connectivity index (χ1n) is 6.20. The molecule has 0 aliphatic rings. The molecule has 2 aromatic carbocycles. The van der Waals surface area contributed by atoms with Crippen molar-refractivity contribution in [2.45, 2.75) is 13.0 Å². The van der Waals surface area contributed by atoms with Gasteiger partial charge in [-0.1, -0.05) is 41.4 Å². The second-order valence-electron chi connectivity index (χ2n) is 4.48. The molecule has 3 rings (SSSR count). The molecule has 1 heterocycles. The zero-order chi connectivity index (χ0) is 14.1. The van der Waals surface area contributed by atoms with Crippen molar-refractivity contribution in [1.82, 2.24) is 9.97 Å². The van der Waals surface area contributed by atoms with E-state index in [1.54, 1.807) is 12.1 Å². The minimum absolute atomic E-state index is 0.192. The van der Waals surface area contributed by atoms with E-state index in [2.05, 4.69) is 9.97 Å². The van der Waals surface area contributed by atoms with Crippen LogP contribution in [-0.2, 0) is 0 Å². The number of rotatable bonds is 3. The van der Waals surface area contributed by atoms with Crippen molar-refractivity contribution in [2.75, 3.05) is 0 Å². The van der Waals surface area contributed by atoms with Crippen LogP contribution in [0.5, 0.6) is 5.75 Å². The second kappa shape index (κ2) is 5.35. The summed E-state index contributed by atoms with van der Waals surface area (Å²) in [6.45, 7) is 1.94. The Balaban J connectivity index is 1.90. The Morgan fingerprint density at radius 2 is 1.80 bits per heavy atom. The fraction of sp³-hybridized carbons (Fsp3) is 0.133. The summed E-state index contributed by atoms with van der Waals surface area (Å²) in [6.07, 6.45) is -0.192. The number of aromatic nitrogens is 2. The molecule has 0 radical (unpaired) electrons. The fourth-order valence-electron chi connectivity index (χ4n) is 1.98. The average molecular weight is 307 g/mol. The summed E-state index contributed by atoms with van der Waals surface area (Å²) in [4.78, 5) is 7.69. The average Bonchev–Trinajstić information content (AvgIpc) is 2.83. The predicted octanol–water partition coefficient (Wildman–Crippen LogP) is 5.01. The quantitative estimate of drug-likeness (QED) is 0.738. The second-order valence-corrected chi connectivity index (χ2v) is 5.29. The van der Waals surface area contributed by atoms with Gasteiger partial charge in [-0.25, -0.2) is 4.98 Å². The molecule has 0 spiro atoms. The molecule has 0 saturated carbocycles. The van der Waals surface area contributed by atoms with Crippen molar-refractivity contribution < 1.29 is 4.74 Å². The first-order chi connectivity index (χ1) is 9.63. The number of halogens is 2. The molecule has 1 N–H and O–H groups in total. The van der Waals surface area contributed by atoms with Crippen LogP contribution >= 0.6 is 23.2 Å². The molecule has 1 atom stereocenters. The van der Waals surface area contributed by atoms with Gasteiger partial charge in [-0.15, -0.1) is 0 Å². The van der Waals surface area contributed by atoms with Crippen LogP contribution in [0.1, 0.15) is 18.9 Å². The maximum absolute atomic E-state index is 6.00. The molecule has 1 aromatic heterocycles. The number of hydrogen-bond donors (Lipinski definition) is 1. The van der Waals surface area contributed by atoms with Crippen molar-refractivity contribution in [3.8, 4) is 5.75 Å². The lowest BCUT2D eigenvalue weighted by molar-refractivity contribution is 0.218. The van der Waals surface area contributed by atoms with E-state index in [0.717, 1.165) is 22.6 Å². The summed E-state index contributed by atoms with van der Waals surface area (Å²) in [5, 5.41) is 1.000. The van der Waals surface area contributed by atoms with Crippen LogP contribution in [-0.4, -0.2) is 9.97 Å². The number of fused-ring (bicyclic) bond motifs is 1. The third-order valence-corrected chi connectivity index (χ3v) is 3.71. The number of nitrogens with zero attached hydrogens (tertiary/aromatic N) is 1. The van der Waals surface area contributed by atoms with E-state index in [9.17, 15) is 0 Å². The van der Waals surface area contributed by atoms with E-state index >= 15 is 0 Å². The topological polar surface area (TPSA) is 37.9 Å². The predicted molar refractivity (Wildman–Crippen MR) is 81.6 cm³/mol. The Kier molecular flexibility index (Phi) is 3.55. The summed E-state index contributed by atoms with van der Waals surface area (Å²) in [7, 11) is 0. The van der Waals surface area contributed by atoms with E-state index in [1.807, 2.05) is 37.3 Å². The molecule has 5 heteroatoms. The van der Waals surface area contributed by atoms with Crippen molar-refractivity contribution in [1.29, 1.82) is 0 Å². The van der Waals surface area contributed by atoms with Gasteiger partial charge in [0.25, 0.3) is 0 Å². The van der Waals surface area contributed by atoms with E-state index < -0.39 is 0 Å². The van der Waals surface area contributed by atoms with Crippen molar-refractivity contribution in [2.24, 2.45) is 0 Å². The van der Waals surface area contributed by atoms with E-state index in [0.29, 0.717) is 10.0 Å². The van der Waals surface area contributed by atoms with Crippen LogP contribution in [0.15, 0.2) is 42.5 Å². The third-order valence-electron chi connectivity index (χ3n) is 2.98. The monoisotopic (exact) mass is 306 g/mol. The summed E-state index contributed by atoms with van der Waals surface area (Å²) in [5.74, 6) is 1.54. The molecule has 20 heavy (non-hydrogen) atoms. The molecular weight excluding hydrogens is 295 g/mol. The van der Waals surface area contributed by atoms with Gasteiger partial charge in [-0.3, -0.25) is 0 Å². The Labute approximate surface area is 126 Å². The molecule has 0 aliphatic heterocycles. The van der Waals surface area contributed by atoms with Crippen LogP contribution in [0.25, 0.3) is 11.0 Å². The highest BCUT2D eigenvalue weighted by atomic mass is 35.5. The zero-order valence-electron chi connectivity index (χ0n) is 10.7. The van der Waals surface area contributed by atoms with Gasteiger partial charge < -0.3 is 9.72 Å². The largest absolute Gasteiger partial charge is 0.483 e. The SMILES string of the molecule is CC(Oc1ccccc1)c1nc2cc(Cl)c(Cl)cc2[nH]1. The standard InChI is InChI=1S/C15H12Cl2N2O/c1-9(20-10-5-3-2-4-6-10)15-18-13-7-11(16)12(17)8-14(13)19-15/h2-9H,1H3,(H,18,19). The van der Waals surface area contributed by atoms with Crippen LogP contribution in [0.4, 0.5) is 0 Å². The molecule has 1 unspecified atom stereocenters. The van der Waals surface area contributed by atoms with Crippen LogP contribution in [0.3, 0.4) is 0 Å². The number of benzene rings is 2. The van der Waals surface area contributed by atoms with E-state index in [1.165, 1.54) is 0 Å². The highest BCUT2D eigenvalue weighted by Gasteiger charge is 2.13. The summed E-state index contributed by atoms with van der Waals surface area (Å²) in [6, 6.07) is 13.1. The molecule has 102 valence electrons. The fourth-order valence-corrected chi connectivity index (χ4v) is 2.30. The lowest BCUT2D eigenvalue weighted by Crippen LogP contribution is -2.04. The van der Waals surface area contributed by atoms with Crippen molar-refractivity contribution in [3.63, 3.8) is 0 Å². The molecule has 3 aromatic rings. The van der Waals surface area contributed by atoms with Crippen LogP contribution in [0.2, 0.25) is 10.0 Å². The van der Waals surface area contributed by atoms with Gasteiger partial charge in [0.05, 0.1) is 21.1 Å². The minimum Gasteiger partial charge on any atom is -0.483 e. The highest BCUT2D eigenvalue weighted by molar-refractivity contribution is 6.42. The molecule has 3 nitrogen and oxygen atoms in total. The first kappa shape index (κ1) is 13.3. The molecular formula is C15H12Cl2N2O. The third kappa shape index (κ3) is 2.60. The number of hydrogen-bond acceptors (Lipinski definition) is 2. The van der Waals surface area contributed by atoms with Crippen molar-refractivity contribution in [3.05, 3.63) is 58.3 Å². The maximum Gasteiger partial charge on any atom is 0.153 e. The van der Waals surface area contributed by atoms with Gasteiger partial charge >= 0.3 is 0 Å². The van der Waals surface area contributed by atoms with Gasteiger partial charge in [0.1, 0.15) is 11.6 Å². The number of para-hydroxylation sites is 1. The molecule has 0 amide bonds. The van der Waals surface area contributed by atoms with E-state index in [-0.39, 0.29) is 6.10 Å². The Morgan fingerprint density at radius 3 is 2.55 bits per heavy atom. The minimum atomic E-state index is -0.192. The van der Waals surface area contributed by atoms with Gasteiger partial charge in [0.15, 0.2) is 6.10 Å². The lowest BCUT2D eigenvalue weighted by atomic mass is 10.3. The molecule has 0 bridgehead atoms. The zero-order valence-corrected chi connectivity index (χ0v) is 12.2. The smallest absolute Gasteiger partial charge is 0.153 e. The Bertz CT molecular complexity index is 701. The summed E-state index contributed by atoms with van der Waals surface area (Å²) in [5.41, 5.74) is 1.62. The number of nitrogens with one attached hydrogen (secondary N) is 1. The summed E-state index contributed by atoms with van der Waals surface area (Å²) < 4.78 is 5.83. The highest BCUT2D eigenvalue weighted by Crippen LogP contribution is 2.28. The van der Waals surface area contributed by atoms with Crippen LogP contribution in [0, 0.1) is 0 Å². The van der Waals surface area contributed by atoms with Crippen molar-refractivity contribution >= 4 is 34.2 Å². The first-order valence-corrected chi connectivity index (χ1v) is 6.95. The molecule has 0 aliphatic carbocycles. The normalized spacial score (nSPS) is 12.6. The Morgan fingerprint density at radius 1 is 1.10 bits per heavy atom. The lowest BCUT2D eigenvalue weighted by Gasteiger charge is -2.11. The maximum atomic E-state index is 6.00. The number of imidazole rings is 1. The van der Waals surface area contributed by atoms with Gasteiger partial charge in [-0.05, 0) is 31.2 Å².